The number of ether oxygens (including phenoxy) is 1. The highest BCUT2D eigenvalue weighted by Crippen LogP contribution is 2.54. The molecule has 0 saturated heterocycles. The summed E-state index contributed by atoms with van der Waals surface area (Å²) in [7, 11) is 0. The molecule has 3 heterocycles. The summed E-state index contributed by atoms with van der Waals surface area (Å²) in [6.07, 6.45) is 0. The highest BCUT2D eigenvalue weighted by molar-refractivity contribution is 7.26. The lowest BCUT2D eigenvalue weighted by Crippen LogP contribution is -2.59. The van der Waals surface area contributed by atoms with Crippen LogP contribution in [0.1, 0.15) is 105 Å². The first-order valence-corrected chi connectivity index (χ1v) is 23.4. The average molecular weight is 843 g/mol. The molecule has 2 aliphatic rings. The molecule has 0 spiro atoms. The summed E-state index contributed by atoms with van der Waals surface area (Å²) in [5.41, 5.74) is 15.8. The van der Waals surface area contributed by atoms with Crippen molar-refractivity contribution in [1.29, 1.82) is 0 Å². The average Bonchev–Trinajstić information content (AvgIpc) is 3.61. The summed E-state index contributed by atoms with van der Waals surface area (Å²) in [5.74, 6) is 1.85. The zero-order chi connectivity index (χ0) is 44.4. The highest BCUT2D eigenvalue weighted by atomic mass is 32.1. The van der Waals surface area contributed by atoms with Gasteiger partial charge in [0.1, 0.15) is 11.5 Å². The fourth-order valence-electron chi connectivity index (χ4n) is 9.71. The van der Waals surface area contributed by atoms with Gasteiger partial charge in [-0.05, 0) is 127 Å². The van der Waals surface area contributed by atoms with Crippen molar-refractivity contribution in [3.05, 3.63) is 162 Å². The molecule has 0 amide bonds. The summed E-state index contributed by atoms with van der Waals surface area (Å²) < 4.78 is 9.51. The molecule has 3 nitrogen and oxygen atoms in total. The molecule has 0 atom stereocenters. The predicted molar refractivity (Wildman–Crippen MR) is 275 cm³/mol. The molecule has 8 aromatic rings. The Hall–Kier alpha value is -5.78. The number of anilines is 6. The Labute approximate surface area is 379 Å². The van der Waals surface area contributed by atoms with E-state index in [0.29, 0.717) is 0 Å². The Morgan fingerprint density at radius 1 is 0.492 bits per heavy atom. The second kappa shape index (κ2) is 14.4. The van der Waals surface area contributed by atoms with Crippen LogP contribution in [0, 0.1) is 0 Å². The zero-order valence-corrected chi connectivity index (χ0v) is 39.9. The maximum Gasteiger partial charge on any atom is 0.256 e. The SMILES string of the molecule is CC(C)(C)c1ccc(N2c3cccc4c3B(c3cc(C(C)(C)C)ccc3O4)c3cc4sc5ccccc5c4c(N(c4ccc(C(C)(C)C)cc4)c4ccc(C(C)(C)C)cc4)c32)cc1. The van der Waals surface area contributed by atoms with E-state index in [2.05, 4.69) is 232 Å². The van der Waals surface area contributed by atoms with Crippen LogP contribution in [-0.4, -0.2) is 6.71 Å². The molecule has 63 heavy (non-hydrogen) atoms. The Kier molecular flexibility index (Phi) is 9.41. The molecule has 0 N–H and O–H groups in total. The van der Waals surface area contributed by atoms with Crippen molar-refractivity contribution < 1.29 is 4.74 Å². The van der Waals surface area contributed by atoms with Crippen molar-refractivity contribution in [1.82, 2.24) is 0 Å². The van der Waals surface area contributed by atoms with Gasteiger partial charge in [-0.1, -0.05) is 156 Å². The fraction of sp³-hybridized carbons (Fsp3) is 0.276. The molecule has 0 aliphatic carbocycles. The van der Waals surface area contributed by atoms with Crippen LogP contribution in [0.4, 0.5) is 34.1 Å². The van der Waals surface area contributed by atoms with Crippen molar-refractivity contribution in [2.45, 2.75) is 105 Å². The maximum absolute atomic E-state index is 6.95. The number of hydrogen-bond donors (Lipinski definition) is 0. The first-order valence-electron chi connectivity index (χ1n) is 22.6. The van der Waals surface area contributed by atoms with E-state index in [9.17, 15) is 0 Å². The Balaban J connectivity index is 1.38. The highest BCUT2D eigenvalue weighted by Gasteiger charge is 2.45. The van der Waals surface area contributed by atoms with Crippen LogP contribution in [0.25, 0.3) is 20.2 Å². The van der Waals surface area contributed by atoms with Crippen LogP contribution < -0.4 is 30.9 Å². The molecule has 5 heteroatoms. The minimum atomic E-state index is -0.0657. The van der Waals surface area contributed by atoms with E-state index >= 15 is 0 Å². The third kappa shape index (κ3) is 6.95. The van der Waals surface area contributed by atoms with Crippen LogP contribution in [0.5, 0.6) is 11.5 Å². The maximum atomic E-state index is 6.95. The predicted octanol–water partition coefficient (Wildman–Crippen LogP) is 15.1. The first kappa shape index (κ1) is 41.2. The number of rotatable bonds is 4. The summed E-state index contributed by atoms with van der Waals surface area (Å²) in [6.45, 7) is 27.5. The summed E-state index contributed by atoms with van der Waals surface area (Å²) in [6, 6.07) is 53.1. The molecule has 7 aromatic carbocycles. The minimum Gasteiger partial charge on any atom is -0.458 e. The van der Waals surface area contributed by atoms with Gasteiger partial charge in [0.2, 0.25) is 0 Å². The molecular formula is C58H59BN2OS. The quantitative estimate of drug-likeness (QED) is 0.164. The van der Waals surface area contributed by atoms with Crippen molar-refractivity contribution in [3.8, 4) is 11.5 Å². The third-order valence-corrected chi connectivity index (χ3v) is 14.5. The number of nitrogens with zero attached hydrogens (tertiary/aromatic N) is 2. The van der Waals surface area contributed by atoms with Crippen molar-refractivity contribution >= 4 is 88.7 Å². The topological polar surface area (TPSA) is 15.7 Å². The Morgan fingerprint density at radius 3 is 1.60 bits per heavy atom. The second-order valence-corrected chi connectivity index (χ2v) is 23.0. The van der Waals surface area contributed by atoms with E-state index in [0.717, 1.165) is 34.2 Å². The summed E-state index contributed by atoms with van der Waals surface area (Å²) in [4.78, 5) is 5.12. The normalized spacial score (nSPS) is 13.8. The number of benzene rings is 7. The summed E-state index contributed by atoms with van der Waals surface area (Å²) in [5, 5.41) is 2.53. The van der Waals surface area contributed by atoms with E-state index in [1.807, 2.05) is 11.3 Å². The molecule has 316 valence electrons. The van der Waals surface area contributed by atoms with E-state index in [-0.39, 0.29) is 28.4 Å². The Bertz CT molecular complexity index is 3000. The van der Waals surface area contributed by atoms with Gasteiger partial charge >= 0.3 is 0 Å². The minimum absolute atomic E-state index is 0.0137. The summed E-state index contributed by atoms with van der Waals surface area (Å²) >= 11 is 1.90. The van der Waals surface area contributed by atoms with Crippen LogP contribution in [0.3, 0.4) is 0 Å². The number of hydrogen-bond acceptors (Lipinski definition) is 4. The molecule has 0 fully saturated rings. The van der Waals surface area contributed by atoms with E-state index < -0.39 is 0 Å². The van der Waals surface area contributed by atoms with E-state index in [1.165, 1.54) is 70.2 Å². The van der Waals surface area contributed by atoms with Gasteiger partial charge in [0.15, 0.2) is 0 Å². The lowest BCUT2D eigenvalue weighted by Gasteiger charge is -2.43. The number of fused-ring (bicyclic) bond motifs is 7. The first-order chi connectivity index (χ1) is 29.8. The van der Waals surface area contributed by atoms with E-state index in [4.69, 9.17) is 4.74 Å². The van der Waals surface area contributed by atoms with E-state index in [1.54, 1.807) is 0 Å². The monoisotopic (exact) mass is 842 g/mol. The molecule has 1 aromatic heterocycles. The van der Waals surface area contributed by atoms with Gasteiger partial charge in [-0.3, -0.25) is 0 Å². The van der Waals surface area contributed by atoms with Gasteiger partial charge in [0.25, 0.3) is 6.71 Å². The van der Waals surface area contributed by atoms with Crippen LogP contribution in [0.2, 0.25) is 0 Å². The molecule has 0 bridgehead atoms. The van der Waals surface area contributed by atoms with Crippen molar-refractivity contribution in [2.75, 3.05) is 9.80 Å². The van der Waals surface area contributed by atoms with Gasteiger partial charge in [0.05, 0.1) is 11.4 Å². The fourth-order valence-corrected chi connectivity index (χ4v) is 10.9. The molecule has 0 unspecified atom stereocenters. The van der Waals surface area contributed by atoms with Crippen LogP contribution in [-0.2, 0) is 21.7 Å². The smallest absolute Gasteiger partial charge is 0.256 e. The molecule has 10 rings (SSSR count). The largest absolute Gasteiger partial charge is 0.458 e. The van der Waals surface area contributed by atoms with Gasteiger partial charge in [-0.2, -0.15) is 0 Å². The standard InChI is InChI=1S/C58H59BN2OS/c1-55(2,3)36-20-27-40(28-21-36)60(41-29-22-37(23-30-41)56(4,5)6)54-51-43-16-13-14-19-49(43)63-50(51)35-45-53(54)61(42-31-24-38(25-32-42)57(7,8)9)46-17-15-18-48-52(46)59(45)44-34-39(58(10,11)12)26-33-47(44)62-48/h13-35H,1-12H3. The lowest BCUT2D eigenvalue weighted by molar-refractivity contribution is 0.486. The Morgan fingerprint density at radius 2 is 1.03 bits per heavy atom. The van der Waals surface area contributed by atoms with Gasteiger partial charge in [-0.15, -0.1) is 11.3 Å². The second-order valence-electron chi connectivity index (χ2n) is 21.9. The molecule has 2 aliphatic heterocycles. The van der Waals surface area contributed by atoms with Crippen molar-refractivity contribution in [2.24, 2.45) is 0 Å². The molecule has 0 saturated carbocycles. The zero-order valence-electron chi connectivity index (χ0n) is 39.1. The molecular weight excluding hydrogens is 784 g/mol. The van der Waals surface area contributed by atoms with Gasteiger partial charge in [0, 0.05) is 42.9 Å². The van der Waals surface area contributed by atoms with Crippen LogP contribution >= 0.6 is 11.3 Å². The van der Waals surface area contributed by atoms with Crippen molar-refractivity contribution in [3.63, 3.8) is 0 Å². The van der Waals surface area contributed by atoms with Crippen LogP contribution in [0.15, 0.2) is 140 Å². The van der Waals surface area contributed by atoms with Gasteiger partial charge in [-0.25, -0.2) is 0 Å². The third-order valence-electron chi connectivity index (χ3n) is 13.4. The molecule has 0 radical (unpaired) electrons. The van der Waals surface area contributed by atoms with Gasteiger partial charge < -0.3 is 14.5 Å². The lowest BCUT2D eigenvalue weighted by atomic mass is 9.34. The number of thiophene rings is 1.